The van der Waals surface area contributed by atoms with E-state index in [9.17, 15) is 0 Å². The number of hydrogen-bond donors (Lipinski definition) is 2. The van der Waals surface area contributed by atoms with E-state index in [1.54, 1.807) is 0 Å². The van der Waals surface area contributed by atoms with Crippen LogP contribution in [0.5, 0.6) is 0 Å². The maximum atomic E-state index is 4.17. The fourth-order valence-corrected chi connectivity index (χ4v) is 1.59. The molecule has 0 aliphatic rings. The van der Waals surface area contributed by atoms with Crippen LogP contribution in [-0.4, -0.2) is 24.6 Å². The van der Waals surface area contributed by atoms with E-state index in [-0.39, 0.29) is 0 Å². The third-order valence-electron chi connectivity index (χ3n) is 2.39. The van der Waals surface area contributed by atoms with E-state index in [1.807, 2.05) is 12.4 Å². The highest BCUT2D eigenvalue weighted by Gasteiger charge is 1.93. The summed E-state index contributed by atoms with van der Waals surface area (Å²) in [6.07, 6.45) is 6.20. The molecule has 0 saturated carbocycles. The first-order valence-electron chi connectivity index (χ1n) is 6.15. The molecule has 1 aromatic heterocycles. The van der Waals surface area contributed by atoms with Gasteiger partial charge in [-0.15, -0.1) is 0 Å². The molecule has 0 atom stereocenters. The van der Waals surface area contributed by atoms with Crippen molar-refractivity contribution in [3.05, 3.63) is 29.6 Å². The highest BCUT2D eigenvalue weighted by molar-refractivity contribution is 5.16. The van der Waals surface area contributed by atoms with Crippen molar-refractivity contribution in [3.8, 4) is 0 Å². The third kappa shape index (κ3) is 5.83. The van der Waals surface area contributed by atoms with Crippen LogP contribution in [0.1, 0.15) is 30.9 Å². The molecule has 0 unspecified atom stereocenters. The van der Waals surface area contributed by atoms with Gasteiger partial charge in [0.05, 0.1) is 0 Å². The summed E-state index contributed by atoms with van der Waals surface area (Å²) >= 11 is 0. The Labute approximate surface area is 98.7 Å². The lowest BCUT2D eigenvalue weighted by Gasteiger charge is -2.06. The minimum absolute atomic E-state index is 0.919. The molecule has 0 spiro atoms. The first-order chi connectivity index (χ1) is 7.83. The maximum Gasteiger partial charge on any atom is 0.0313 e. The number of rotatable bonds is 8. The number of aryl methyl sites for hydroxylation is 1. The van der Waals surface area contributed by atoms with Gasteiger partial charge >= 0.3 is 0 Å². The molecule has 3 heteroatoms. The number of nitrogens with zero attached hydrogens (tertiary/aromatic N) is 1. The standard InChI is InChI=1S/C13H23N3/c1-3-5-14-6-4-7-15-10-13-8-12(2)9-16-11-13/h8-9,11,14-15H,3-7,10H2,1-2H3. The van der Waals surface area contributed by atoms with Crippen molar-refractivity contribution in [2.24, 2.45) is 0 Å². The van der Waals surface area contributed by atoms with Crippen LogP contribution in [0.4, 0.5) is 0 Å². The second-order valence-corrected chi connectivity index (χ2v) is 4.15. The fraction of sp³-hybridized carbons (Fsp3) is 0.615. The van der Waals surface area contributed by atoms with Crippen LogP contribution in [0.25, 0.3) is 0 Å². The molecule has 0 fully saturated rings. The summed E-state index contributed by atoms with van der Waals surface area (Å²) in [6.45, 7) is 8.48. The number of nitrogens with one attached hydrogen (secondary N) is 2. The smallest absolute Gasteiger partial charge is 0.0313 e. The molecule has 0 amide bonds. The van der Waals surface area contributed by atoms with Crippen molar-refractivity contribution in [2.45, 2.75) is 33.2 Å². The maximum absolute atomic E-state index is 4.17. The Kier molecular flexibility index (Phi) is 6.77. The van der Waals surface area contributed by atoms with Crippen molar-refractivity contribution in [3.63, 3.8) is 0 Å². The van der Waals surface area contributed by atoms with Crippen molar-refractivity contribution in [1.82, 2.24) is 15.6 Å². The minimum atomic E-state index is 0.919. The summed E-state index contributed by atoms with van der Waals surface area (Å²) in [5.41, 5.74) is 2.49. The molecule has 3 nitrogen and oxygen atoms in total. The Morgan fingerprint density at radius 2 is 1.94 bits per heavy atom. The van der Waals surface area contributed by atoms with Gasteiger partial charge in [-0.2, -0.15) is 0 Å². The molecule has 0 aliphatic carbocycles. The summed E-state index contributed by atoms with van der Waals surface area (Å²) in [7, 11) is 0. The van der Waals surface area contributed by atoms with E-state index in [0.717, 1.165) is 26.2 Å². The molecular weight excluding hydrogens is 198 g/mol. The molecule has 1 rings (SSSR count). The van der Waals surface area contributed by atoms with Gasteiger partial charge in [0.1, 0.15) is 0 Å². The molecule has 2 N–H and O–H groups in total. The second-order valence-electron chi connectivity index (χ2n) is 4.15. The number of aromatic nitrogens is 1. The quantitative estimate of drug-likeness (QED) is 0.658. The minimum Gasteiger partial charge on any atom is -0.317 e. The van der Waals surface area contributed by atoms with Gasteiger partial charge in [-0.05, 0) is 50.5 Å². The summed E-state index contributed by atoms with van der Waals surface area (Å²) in [5, 5.41) is 6.82. The topological polar surface area (TPSA) is 37.0 Å². The fourth-order valence-electron chi connectivity index (χ4n) is 1.59. The van der Waals surface area contributed by atoms with Gasteiger partial charge in [0.15, 0.2) is 0 Å². The predicted octanol–water partition coefficient (Wildman–Crippen LogP) is 1.87. The Morgan fingerprint density at radius 1 is 1.12 bits per heavy atom. The molecule has 0 aliphatic heterocycles. The van der Waals surface area contributed by atoms with Crippen molar-refractivity contribution >= 4 is 0 Å². The summed E-state index contributed by atoms with van der Waals surface area (Å²) in [6, 6.07) is 2.18. The second kappa shape index (κ2) is 8.25. The Morgan fingerprint density at radius 3 is 2.69 bits per heavy atom. The van der Waals surface area contributed by atoms with E-state index in [1.165, 1.54) is 24.0 Å². The van der Waals surface area contributed by atoms with E-state index >= 15 is 0 Å². The van der Waals surface area contributed by atoms with Crippen LogP contribution in [-0.2, 0) is 6.54 Å². The first kappa shape index (κ1) is 13.1. The zero-order chi connectivity index (χ0) is 11.6. The molecular formula is C13H23N3. The van der Waals surface area contributed by atoms with Gasteiger partial charge in [-0.25, -0.2) is 0 Å². The molecule has 16 heavy (non-hydrogen) atoms. The van der Waals surface area contributed by atoms with E-state index in [0.29, 0.717) is 0 Å². The van der Waals surface area contributed by atoms with Gasteiger partial charge in [-0.3, -0.25) is 4.98 Å². The lowest BCUT2D eigenvalue weighted by atomic mass is 10.2. The molecule has 90 valence electrons. The molecule has 1 aromatic rings. The van der Waals surface area contributed by atoms with E-state index < -0.39 is 0 Å². The molecule has 1 heterocycles. The van der Waals surface area contributed by atoms with Crippen LogP contribution < -0.4 is 10.6 Å². The van der Waals surface area contributed by atoms with Gasteiger partial charge < -0.3 is 10.6 Å². The van der Waals surface area contributed by atoms with Crippen LogP contribution >= 0.6 is 0 Å². The zero-order valence-corrected chi connectivity index (χ0v) is 10.4. The monoisotopic (exact) mass is 221 g/mol. The summed E-state index contributed by atoms with van der Waals surface area (Å²) in [5.74, 6) is 0. The predicted molar refractivity (Wildman–Crippen MR) is 68.5 cm³/mol. The van der Waals surface area contributed by atoms with Crippen molar-refractivity contribution in [2.75, 3.05) is 19.6 Å². The van der Waals surface area contributed by atoms with Crippen LogP contribution in [0.3, 0.4) is 0 Å². The average molecular weight is 221 g/mol. The molecule has 0 bridgehead atoms. The zero-order valence-electron chi connectivity index (χ0n) is 10.4. The molecule has 0 radical (unpaired) electrons. The Bertz CT molecular complexity index is 286. The van der Waals surface area contributed by atoms with E-state index in [2.05, 4.69) is 35.5 Å². The largest absolute Gasteiger partial charge is 0.317 e. The SMILES string of the molecule is CCCNCCCNCc1cncc(C)c1. The van der Waals surface area contributed by atoms with Crippen LogP contribution in [0.15, 0.2) is 18.5 Å². The van der Waals surface area contributed by atoms with Crippen LogP contribution in [0.2, 0.25) is 0 Å². The Hall–Kier alpha value is -0.930. The lowest BCUT2D eigenvalue weighted by molar-refractivity contribution is 0.591. The number of pyridine rings is 1. The summed E-state index contributed by atoms with van der Waals surface area (Å²) < 4.78 is 0. The van der Waals surface area contributed by atoms with E-state index in [4.69, 9.17) is 0 Å². The van der Waals surface area contributed by atoms with Crippen molar-refractivity contribution < 1.29 is 0 Å². The van der Waals surface area contributed by atoms with Gasteiger partial charge in [0.25, 0.3) is 0 Å². The average Bonchev–Trinajstić information content (AvgIpc) is 2.28. The number of hydrogen-bond acceptors (Lipinski definition) is 3. The normalized spacial score (nSPS) is 10.6. The highest BCUT2D eigenvalue weighted by atomic mass is 14.9. The third-order valence-corrected chi connectivity index (χ3v) is 2.39. The lowest BCUT2D eigenvalue weighted by Crippen LogP contribution is -2.22. The van der Waals surface area contributed by atoms with Crippen molar-refractivity contribution in [1.29, 1.82) is 0 Å². The van der Waals surface area contributed by atoms with Crippen LogP contribution in [0, 0.1) is 6.92 Å². The summed E-state index contributed by atoms with van der Waals surface area (Å²) in [4.78, 5) is 4.17. The van der Waals surface area contributed by atoms with Gasteiger partial charge in [-0.1, -0.05) is 13.0 Å². The molecule has 0 saturated heterocycles. The van der Waals surface area contributed by atoms with Gasteiger partial charge in [0, 0.05) is 18.9 Å². The molecule has 0 aromatic carbocycles. The highest BCUT2D eigenvalue weighted by Crippen LogP contribution is 2.00. The first-order valence-corrected chi connectivity index (χ1v) is 6.15. The van der Waals surface area contributed by atoms with Gasteiger partial charge in [0.2, 0.25) is 0 Å². The Balaban J connectivity index is 2.03.